The Morgan fingerprint density at radius 3 is 2.46 bits per heavy atom. The van der Waals surface area contributed by atoms with Crippen molar-refractivity contribution in [2.75, 3.05) is 4.90 Å². The molecule has 1 N–H and O–H groups in total. The van der Waals surface area contributed by atoms with Crippen molar-refractivity contribution in [2.45, 2.75) is 0 Å². The monoisotopic (exact) mass is 342 g/mol. The number of nitro benzene ring substituents is 1. The number of thioether (sulfide) groups is 1. The van der Waals surface area contributed by atoms with Crippen molar-refractivity contribution in [1.29, 1.82) is 0 Å². The van der Waals surface area contributed by atoms with Crippen LogP contribution in [0, 0.1) is 10.1 Å². The SMILES string of the molecule is O=C1SC(=Cc2ccc([N+](=O)[O-])cc2)C(=O)N1c1cccc(O)c1. The summed E-state index contributed by atoms with van der Waals surface area (Å²) in [6, 6.07) is 11.5. The third kappa shape index (κ3) is 2.99. The average Bonchev–Trinajstić information content (AvgIpc) is 2.82. The van der Waals surface area contributed by atoms with Crippen LogP contribution in [0.2, 0.25) is 0 Å². The quantitative estimate of drug-likeness (QED) is 0.520. The third-order valence-corrected chi connectivity index (χ3v) is 4.15. The number of anilines is 1. The zero-order chi connectivity index (χ0) is 17.3. The van der Waals surface area contributed by atoms with Crippen LogP contribution < -0.4 is 4.90 Å². The molecule has 1 heterocycles. The minimum atomic E-state index is -0.514. The van der Waals surface area contributed by atoms with Gasteiger partial charge in [-0.15, -0.1) is 0 Å². The van der Waals surface area contributed by atoms with Gasteiger partial charge in [0, 0.05) is 18.2 Å². The predicted octanol–water partition coefficient (Wildman–Crippen LogP) is 3.54. The molecule has 0 aliphatic carbocycles. The Bertz CT molecular complexity index is 876. The second-order valence-corrected chi connectivity index (χ2v) is 5.88. The Morgan fingerprint density at radius 1 is 1.12 bits per heavy atom. The predicted molar refractivity (Wildman–Crippen MR) is 89.7 cm³/mol. The lowest BCUT2D eigenvalue weighted by Gasteiger charge is -2.12. The molecule has 1 fully saturated rings. The van der Waals surface area contributed by atoms with E-state index in [0.29, 0.717) is 5.56 Å². The normalized spacial score (nSPS) is 16.0. The van der Waals surface area contributed by atoms with Gasteiger partial charge in [0.15, 0.2) is 0 Å². The maximum Gasteiger partial charge on any atom is 0.298 e. The minimum Gasteiger partial charge on any atom is -0.508 e. The van der Waals surface area contributed by atoms with Gasteiger partial charge in [-0.3, -0.25) is 19.7 Å². The van der Waals surface area contributed by atoms with Gasteiger partial charge < -0.3 is 5.11 Å². The van der Waals surface area contributed by atoms with E-state index in [1.165, 1.54) is 48.5 Å². The van der Waals surface area contributed by atoms with Gasteiger partial charge in [-0.05, 0) is 47.7 Å². The number of phenols is 1. The molecule has 8 heteroatoms. The number of nitrogens with zero attached hydrogens (tertiary/aromatic N) is 2. The average molecular weight is 342 g/mol. The van der Waals surface area contributed by atoms with Gasteiger partial charge in [-0.2, -0.15) is 0 Å². The Morgan fingerprint density at radius 2 is 1.83 bits per heavy atom. The summed E-state index contributed by atoms with van der Waals surface area (Å²) in [5.74, 6) is -0.556. The number of nitro groups is 1. The second kappa shape index (κ2) is 6.17. The van der Waals surface area contributed by atoms with E-state index in [4.69, 9.17) is 0 Å². The number of imide groups is 1. The van der Waals surface area contributed by atoms with Crippen molar-refractivity contribution < 1.29 is 19.6 Å². The molecule has 1 saturated heterocycles. The molecule has 0 atom stereocenters. The molecule has 0 saturated carbocycles. The van der Waals surface area contributed by atoms with Crippen LogP contribution in [0.5, 0.6) is 5.75 Å². The van der Waals surface area contributed by atoms with Crippen LogP contribution in [-0.2, 0) is 4.79 Å². The molecule has 1 aliphatic heterocycles. The highest BCUT2D eigenvalue weighted by atomic mass is 32.2. The molecule has 2 amide bonds. The third-order valence-electron chi connectivity index (χ3n) is 3.28. The summed E-state index contributed by atoms with van der Waals surface area (Å²) < 4.78 is 0. The molecule has 0 bridgehead atoms. The van der Waals surface area contributed by atoms with Crippen molar-refractivity contribution in [3.63, 3.8) is 0 Å². The summed E-state index contributed by atoms with van der Waals surface area (Å²) in [5, 5.41) is 19.7. The molecule has 2 aromatic carbocycles. The van der Waals surface area contributed by atoms with Crippen LogP contribution in [0.1, 0.15) is 5.56 Å². The van der Waals surface area contributed by atoms with Crippen LogP contribution >= 0.6 is 11.8 Å². The van der Waals surface area contributed by atoms with Gasteiger partial charge in [-0.1, -0.05) is 6.07 Å². The fourth-order valence-electron chi connectivity index (χ4n) is 2.17. The number of amides is 2. The number of hydrogen-bond donors (Lipinski definition) is 1. The molecule has 120 valence electrons. The standard InChI is InChI=1S/C16H10N2O5S/c19-13-3-1-2-12(9-13)17-15(20)14(24-16(17)21)8-10-4-6-11(7-5-10)18(22)23/h1-9,19H. The van der Waals surface area contributed by atoms with E-state index >= 15 is 0 Å². The molecular weight excluding hydrogens is 332 g/mol. The van der Waals surface area contributed by atoms with Crippen molar-refractivity contribution in [2.24, 2.45) is 0 Å². The highest BCUT2D eigenvalue weighted by Crippen LogP contribution is 2.36. The van der Waals surface area contributed by atoms with Crippen molar-refractivity contribution in [1.82, 2.24) is 0 Å². The number of benzene rings is 2. The van der Waals surface area contributed by atoms with Gasteiger partial charge in [0.2, 0.25) is 0 Å². The number of carbonyl (C=O) groups is 2. The summed E-state index contributed by atoms with van der Waals surface area (Å²) in [6.07, 6.45) is 1.50. The lowest BCUT2D eigenvalue weighted by molar-refractivity contribution is -0.384. The molecule has 0 spiro atoms. The molecule has 0 aromatic heterocycles. The topological polar surface area (TPSA) is 101 Å². The van der Waals surface area contributed by atoms with E-state index in [1.54, 1.807) is 6.07 Å². The van der Waals surface area contributed by atoms with Gasteiger partial charge in [0.05, 0.1) is 15.5 Å². The minimum absolute atomic E-state index is 0.0501. The van der Waals surface area contributed by atoms with Gasteiger partial charge in [-0.25, -0.2) is 4.90 Å². The summed E-state index contributed by atoms with van der Waals surface area (Å²) in [6.45, 7) is 0. The summed E-state index contributed by atoms with van der Waals surface area (Å²) >= 11 is 0.771. The summed E-state index contributed by atoms with van der Waals surface area (Å²) in [4.78, 5) is 35.8. The first-order valence-corrected chi connectivity index (χ1v) is 7.59. The summed E-state index contributed by atoms with van der Waals surface area (Å²) in [7, 11) is 0. The van der Waals surface area contributed by atoms with E-state index in [2.05, 4.69) is 0 Å². The fraction of sp³-hybridized carbons (Fsp3) is 0. The van der Waals surface area contributed by atoms with E-state index in [-0.39, 0.29) is 22.0 Å². The number of aromatic hydroxyl groups is 1. The maximum absolute atomic E-state index is 12.4. The Labute approximate surface area is 140 Å². The zero-order valence-corrected chi connectivity index (χ0v) is 12.9. The largest absolute Gasteiger partial charge is 0.508 e. The van der Waals surface area contributed by atoms with Gasteiger partial charge >= 0.3 is 0 Å². The zero-order valence-electron chi connectivity index (χ0n) is 12.1. The first kappa shape index (κ1) is 15.8. The van der Waals surface area contributed by atoms with Crippen LogP contribution in [0.4, 0.5) is 16.2 Å². The first-order valence-electron chi connectivity index (χ1n) is 6.77. The lowest BCUT2D eigenvalue weighted by atomic mass is 10.2. The second-order valence-electron chi connectivity index (χ2n) is 4.89. The number of non-ortho nitro benzene ring substituents is 1. The molecule has 3 rings (SSSR count). The van der Waals surface area contributed by atoms with Crippen LogP contribution in [0.3, 0.4) is 0 Å². The van der Waals surface area contributed by atoms with Crippen molar-refractivity contribution >= 4 is 40.4 Å². The van der Waals surface area contributed by atoms with Crippen LogP contribution in [0.15, 0.2) is 53.4 Å². The van der Waals surface area contributed by atoms with Crippen molar-refractivity contribution in [3.8, 4) is 5.75 Å². The lowest BCUT2D eigenvalue weighted by Crippen LogP contribution is -2.27. The van der Waals surface area contributed by atoms with Crippen LogP contribution in [-0.4, -0.2) is 21.2 Å². The molecule has 24 heavy (non-hydrogen) atoms. The van der Waals surface area contributed by atoms with E-state index < -0.39 is 16.1 Å². The Hall–Kier alpha value is -3.13. The van der Waals surface area contributed by atoms with Crippen molar-refractivity contribution in [3.05, 3.63) is 69.1 Å². The highest BCUT2D eigenvalue weighted by molar-refractivity contribution is 8.19. The van der Waals surface area contributed by atoms with Gasteiger partial charge in [0.25, 0.3) is 16.8 Å². The number of hydrogen-bond acceptors (Lipinski definition) is 6. The smallest absolute Gasteiger partial charge is 0.298 e. The fourth-order valence-corrected chi connectivity index (χ4v) is 3.01. The molecule has 2 aromatic rings. The molecule has 0 radical (unpaired) electrons. The van der Waals surface area contributed by atoms with E-state index in [0.717, 1.165) is 16.7 Å². The van der Waals surface area contributed by atoms with E-state index in [1.807, 2.05) is 0 Å². The number of rotatable bonds is 3. The van der Waals surface area contributed by atoms with E-state index in [9.17, 15) is 24.8 Å². The summed E-state index contributed by atoms with van der Waals surface area (Å²) in [5.41, 5.74) is 0.798. The maximum atomic E-state index is 12.4. The Kier molecular flexibility index (Phi) is 4.05. The molecular formula is C16H10N2O5S. The molecule has 1 aliphatic rings. The molecule has 0 unspecified atom stereocenters. The number of carbonyl (C=O) groups excluding carboxylic acids is 2. The van der Waals surface area contributed by atoms with Crippen LogP contribution in [0.25, 0.3) is 6.08 Å². The number of phenolic OH excluding ortho intramolecular Hbond substituents is 1. The highest BCUT2D eigenvalue weighted by Gasteiger charge is 2.36. The first-order chi connectivity index (χ1) is 11.5. The molecule has 7 nitrogen and oxygen atoms in total. The van der Waals surface area contributed by atoms with Gasteiger partial charge in [0.1, 0.15) is 5.75 Å². The Balaban J connectivity index is 1.89.